The molecule has 20 heavy (non-hydrogen) atoms. The lowest BCUT2D eigenvalue weighted by Crippen LogP contribution is -2.39. The number of benzene rings is 1. The van der Waals surface area contributed by atoms with Gasteiger partial charge in [0.1, 0.15) is 5.75 Å². The van der Waals surface area contributed by atoms with Crippen molar-refractivity contribution in [2.75, 3.05) is 7.05 Å². The van der Waals surface area contributed by atoms with Crippen LogP contribution in [-0.2, 0) is 11.3 Å². The summed E-state index contributed by atoms with van der Waals surface area (Å²) < 4.78 is 40.6. The van der Waals surface area contributed by atoms with E-state index in [0.29, 0.717) is 0 Å². The standard InChI is InChI=1S/C12H15F3N2O2.ClH/c1-8(16)11(18)17(2)7-9-5-3-4-6-10(9)19-12(13,14)15;/h3-6,8H,7,16H2,1-2H3;1H/t8-;/m1./s1. The van der Waals surface area contributed by atoms with E-state index in [1.165, 1.54) is 37.1 Å². The van der Waals surface area contributed by atoms with Crippen LogP contribution < -0.4 is 10.5 Å². The Morgan fingerprint density at radius 1 is 1.40 bits per heavy atom. The van der Waals surface area contributed by atoms with Gasteiger partial charge in [0.05, 0.1) is 6.04 Å². The van der Waals surface area contributed by atoms with Crippen LogP contribution >= 0.6 is 12.4 Å². The molecule has 4 nitrogen and oxygen atoms in total. The number of amides is 1. The van der Waals surface area contributed by atoms with Crippen LogP contribution in [0.2, 0.25) is 0 Å². The number of para-hydroxylation sites is 1. The molecule has 1 aromatic carbocycles. The van der Waals surface area contributed by atoms with E-state index in [0.717, 1.165) is 0 Å². The molecule has 0 spiro atoms. The molecule has 0 bridgehead atoms. The average Bonchev–Trinajstić information content (AvgIpc) is 2.28. The van der Waals surface area contributed by atoms with Gasteiger partial charge in [-0.15, -0.1) is 25.6 Å². The Morgan fingerprint density at radius 3 is 2.45 bits per heavy atom. The van der Waals surface area contributed by atoms with Gasteiger partial charge in [0, 0.05) is 19.2 Å². The van der Waals surface area contributed by atoms with Gasteiger partial charge in [-0.1, -0.05) is 18.2 Å². The fourth-order valence-corrected chi connectivity index (χ4v) is 1.54. The summed E-state index contributed by atoms with van der Waals surface area (Å²) in [6, 6.07) is 4.96. The van der Waals surface area contributed by atoms with Crippen LogP contribution in [0.5, 0.6) is 5.75 Å². The van der Waals surface area contributed by atoms with Gasteiger partial charge < -0.3 is 15.4 Å². The van der Waals surface area contributed by atoms with Gasteiger partial charge in [-0.05, 0) is 13.0 Å². The van der Waals surface area contributed by atoms with E-state index in [-0.39, 0.29) is 36.2 Å². The van der Waals surface area contributed by atoms with E-state index in [1.807, 2.05) is 0 Å². The fraction of sp³-hybridized carbons (Fsp3) is 0.417. The van der Waals surface area contributed by atoms with E-state index in [9.17, 15) is 18.0 Å². The van der Waals surface area contributed by atoms with Gasteiger partial charge in [0.25, 0.3) is 0 Å². The molecule has 0 saturated heterocycles. The molecule has 114 valence electrons. The van der Waals surface area contributed by atoms with Crippen molar-refractivity contribution in [3.05, 3.63) is 29.8 Å². The third kappa shape index (κ3) is 5.66. The molecule has 1 amide bonds. The van der Waals surface area contributed by atoms with Gasteiger partial charge in [-0.3, -0.25) is 4.79 Å². The molecule has 1 aromatic rings. The molecule has 0 aromatic heterocycles. The molecule has 0 saturated carbocycles. The zero-order chi connectivity index (χ0) is 14.6. The fourth-order valence-electron chi connectivity index (χ4n) is 1.54. The van der Waals surface area contributed by atoms with E-state index in [4.69, 9.17) is 5.73 Å². The molecule has 8 heteroatoms. The van der Waals surface area contributed by atoms with Crippen LogP contribution in [0.1, 0.15) is 12.5 Å². The van der Waals surface area contributed by atoms with Crippen molar-refractivity contribution in [1.29, 1.82) is 0 Å². The number of hydrogen-bond acceptors (Lipinski definition) is 3. The second-order valence-electron chi connectivity index (χ2n) is 4.14. The first-order valence-electron chi connectivity index (χ1n) is 5.55. The minimum atomic E-state index is -4.76. The summed E-state index contributed by atoms with van der Waals surface area (Å²) in [4.78, 5) is 12.8. The van der Waals surface area contributed by atoms with Crippen LogP contribution in [0.15, 0.2) is 24.3 Å². The monoisotopic (exact) mass is 312 g/mol. The van der Waals surface area contributed by atoms with Crippen molar-refractivity contribution >= 4 is 18.3 Å². The maximum absolute atomic E-state index is 12.2. The smallest absolute Gasteiger partial charge is 0.405 e. The number of alkyl halides is 3. The maximum Gasteiger partial charge on any atom is 0.573 e. The normalized spacial score (nSPS) is 12.3. The number of carbonyl (C=O) groups is 1. The lowest BCUT2D eigenvalue weighted by molar-refractivity contribution is -0.275. The number of nitrogens with zero attached hydrogens (tertiary/aromatic N) is 1. The van der Waals surface area contributed by atoms with Crippen LogP contribution in [-0.4, -0.2) is 30.3 Å². The summed E-state index contributed by atoms with van der Waals surface area (Å²) in [6.45, 7) is 1.50. The van der Waals surface area contributed by atoms with Gasteiger partial charge >= 0.3 is 6.36 Å². The van der Waals surface area contributed by atoms with Crippen molar-refractivity contribution in [2.45, 2.75) is 25.9 Å². The number of halogens is 4. The van der Waals surface area contributed by atoms with E-state index in [2.05, 4.69) is 4.74 Å². The first kappa shape index (κ1) is 18.5. The third-order valence-electron chi connectivity index (χ3n) is 2.37. The number of ether oxygens (including phenoxy) is 1. The molecule has 0 aliphatic heterocycles. The first-order valence-corrected chi connectivity index (χ1v) is 5.55. The predicted octanol–water partition coefficient (Wildman–Crippen LogP) is 2.31. The summed E-state index contributed by atoms with van der Waals surface area (Å²) in [5, 5.41) is 0. The van der Waals surface area contributed by atoms with Gasteiger partial charge in [0.15, 0.2) is 0 Å². The Bertz CT molecular complexity index is 453. The van der Waals surface area contributed by atoms with E-state index >= 15 is 0 Å². The first-order chi connectivity index (χ1) is 8.70. The minimum absolute atomic E-state index is 0. The summed E-state index contributed by atoms with van der Waals surface area (Å²) in [5.41, 5.74) is 5.69. The highest BCUT2D eigenvalue weighted by Gasteiger charge is 2.32. The third-order valence-corrected chi connectivity index (χ3v) is 2.37. The zero-order valence-electron chi connectivity index (χ0n) is 11.0. The number of nitrogens with two attached hydrogens (primary N) is 1. The van der Waals surface area contributed by atoms with E-state index in [1.54, 1.807) is 6.07 Å². The average molecular weight is 313 g/mol. The van der Waals surface area contributed by atoms with Crippen LogP contribution in [0.25, 0.3) is 0 Å². The minimum Gasteiger partial charge on any atom is -0.405 e. The Labute approximate surface area is 121 Å². The Hall–Kier alpha value is -1.47. The molecule has 1 rings (SSSR count). The molecular weight excluding hydrogens is 297 g/mol. The molecular formula is C12H16ClF3N2O2. The van der Waals surface area contributed by atoms with Crippen LogP contribution in [0.4, 0.5) is 13.2 Å². The molecule has 1 atom stereocenters. The lowest BCUT2D eigenvalue weighted by Gasteiger charge is -2.21. The highest BCUT2D eigenvalue weighted by Crippen LogP contribution is 2.26. The highest BCUT2D eigenvalue weighted by molar-refractivity contribution is 5.85. The van der Waals surface area contributed by atoms with Crippen LogP contribution in [0.3, 0.4) is 0 Å². The summed E-state index contributed by atoms with van der Waals surface area (Å²) in [7, 11) is 1.47. The number of rotatable bonds is 4. The second kappa shape index (κ2) is 7.35. The van der Waals surface area contributed by atoms with Gasteiger partial charge in [0.2, 0.25) is 5.91 Å². The summed E-state index contributed by atoms with van der Waals surface area (Å²) in [6.07, 6.45) is -4.76. The molecule has 0 radical (unpaired) electrons. The van der Waals surface area contributed by atoms with Gasteiger partial charge in [-0.2, -0.15) is 0 Å². The molecule has 2 N–H and O–H groups in total. The van der Waals surface area contributed by atoms with Crippen molar-refractivity contribution in [3.8, 4) is 5.75 Å². The molecule has 0 aliphatic rings. The number of hydrogen-bond donors (Lipinski definition) is 1. The number of carbonyl (C=O) groups excluding carboxylic acids is 1. The molecule has 0 fully saturated rings. The Balaban J connectivity index is 0.00000361. The van der Waals surface area contributed by atoms with Crippen LogP contribution in [0, 0.1) is 0 Å². The number of likely N-dealkylation sites (N-methyl/N-ethyl adjacent to an activating group) is 1. The quantitative estimate of drug-likeness (QED) is 0.928. The second-order valence-corrected chi connectivity index (χ2v) is 4.14. The predicted molar refractivity (Wildman–Crippen MR) is 70.5 cm³/mol. The van der Waals surface area contributed by atoms with E-state index < -0.39 is 12.4 Å². The zero-order valence-corrected chi connectivity index (χ0v) is 11.8. The molecule has 0 aliphatic carbocycles. The van der Waals surface area contributed by atoms with Gasteiger partial charge in [-0.25, -0.2) is 0 Å². The SMILES string of the molecule is C[C@@H](N)C(=O)N(C)Cc1ccccc1OC(F)(F)F.Cl. The maximum atomic E-state index is 12.2. The lowest BCUT2D eigenvalue weighted by atomic mass is 10.2. The Kier molecular flexibility index (Phi) is 6.81. The topological polar surface area (TPSA) is 55.6 Å². The Morgan fingerprint density at radius 2 is 1.95 bits per heavy atom. The summed E-state index contributed by atoms with van der Waals surface area (Å²) in [5.74, 6) is -0.680. The van der Waals surface area contributed by atoms with Crippen molar-refractivity contribution < 1.29 is 22.7 Å². The van der Waals surface area contributed by atoms with Crippen molar-refractivity contribution in [1.82, 2.24) is 4.90 Å². The summed E-state index contributed by atoms with van der Waals surface area (Å²) >= 11 is 0. The van der Waals surface area contributed by atoms with Crippen molar-refractivity contribution in [2.24, 2.45) is 5.73 Å². The highest BCUT2D eigenvalue weighted by atomic mass is 35.5. The largest absolute Gasteiger partial charge is 0.573 e. The van der Waals surface area contributed by atoms with Crippen molar-refractivity contribution in [3.63, 3.8) is 0 Å². The molecule has 0 heterocycles. The molecule has 0 unspecified atom stereocenters.